The van der Waals surface area contributed by atoms with E-state index in [2.05, 4.69) is 29.4 Å². The van der Waals surface area contributed by atoms with E-state index in [0.717, 1.165) is 43.1 Å². The fourth-order valence-electron chi connectivity index (χ4n) is 3.51. The van der Waals surface area contributed by atoms with Gasteiger partial charge < -0.3 is 15.1 Å². The van der Waals surface area contributed by atoms with Crippen LogP contribution in [-0.4, -0.2) is 48.0 Å². The molecule has 0 aliphatic carbocycles. The van der Waals surface area contributed by atoms with Crippen molar-refractivity contribution < 1.29 is 9.59 Å². The summed E-state index contributed by atoms with van der Waals surface area (Å²) in [5.74, 6) is 0.303. The molecule has 33 heavy (non-hydrogen) atoms. The Morgan fingerprint density at radius 2 is 1.67 bits per heavy atom. The molecule has 0 unspecified atom stereocenters. The zero-order valence-electron chi connectivity index (χ0n) is 18.9. The Kier molecular flexibility index (Phi) is 8.86. The third-order valence-electron chi connectivity index (χ3n) is 5.24. The first-order valence-electron chi connectivity index (χ1n) is 11.0. The van der Waals surface area contributed by atoms with Crippen LogP contribution in [0.3, 0.4) is 0 Å². The van der Waals surface area contributed by atoms with Crippen molar-refractivity contribution in [1.82, 2.24) is 10.2 Å². The quantitative estimate of drug-likeness (QED) is 0.464. The van der Waals surface area contributed by atoms with Crippen molar-refractivity contribution in [3.05, 3.63) is 65.2 Å². The highest BCUT2D eigenvalue weighted by Gasteiger charge is 2.21. The van der Waals surface area contributed by atoms with Gasteiger partial charge >= 0.3 is 0 Å². The lowest BCUT2D eigenvalue weighted by Gasteiger charge is -2.36. The van der Waals surface area contributed by atoms with Gasteiger partial charge in [-0.3, -0.25) is 14.9 Å². The molecule has 174 valence electrons. The number of rotatable bonds is 6. The summed E-state index contributed by atoms with van der Waals surface area (Å²) < 4.78 is 0. The van der Waals surface area contributed by atoms with Crippen LogP contribution in [0.2, 0.25) is 5.02 Å². The minimum atomic E-state index is -0.316. The number of thiocarbonyl (C=S) groups is 1. The Morgan fingerprint density at radius 1 is 1.03 bits per heavy atom. The first kappa shape index (κ1) is 24.7. The molecule has 1 saturated heterocycles. The second kappa shape index (κ2) is 11.8. The van der Waals surface area contributed by atoms with Gasteiger partial charge in [0.05, 0.1) is 0 Å². The van der Waals surface area contributed by atoms with E-state index in [4.69, 9.17) is 23.8 Å². The number of carbonyl (C=O) groups is 2. The Labute approximate surface area is 205 Å². The van der Waals surface area contributed by atoms with E-state index in [9.17, 15) is 9.59 Å². The maximum atomic E-state index is 12.2. The monoisotopic (exact) mass is 484 g/mol. The van der Waals surface area contributed by atoms with Gasteiger partial charge in [-0.05, 0) is 66.2 Å². The van der Waals surface area contributed by atoms with Crippen LogP contribution >= 0.6 is 23.8 Å². The van der Waals surface area contributed by atoms with Crippen molar-refractivity contribution in [1.29, 1.82) is 0 Å². The molecule has 8 heteroatoms. The van der Waals surface area contributed by atoms with Gasteiger partial charge in [0.15, 0.2) is 5.11 Å². The van der Waals surface area contributed by atoms with Crippen LogP contribution in [-0.2, 0) is 9.59 Å². The molecule has 2 amide bonds. The molecule has 0 bridgehead atoms. The third kappa shape index (κ3) is 7.87. The number of hydrogen-bond acceptors (Lipinski definition) is 4. The maximum absolute atomic E-state index is 12.2. The number of anilines is 2. The molecule has 1 heterocycles. The minimum Gasteiger partial charge on any atom is -0.368 e. The van der Waals surface area contributed by atoms with Gasteiger partial charge in [-0.2, -0.15) is 0 Å². The van der Waals surface area contributed by atoms with Crippen molar-refractivity contribution in [3.8, 4) is 0 Å². The second-order valence-corrected chi connectivity index (χ2v) is 9.19. The second-order valence-electron chi connectivity index (χ2n) is 8.34. The maximum Gasteiger partial charge on any atom is 0.250 e. The van der Waals surface area contributed by atoms with Crippen molar-refractivity contribution in [2.24, 2.45) is 5.92 Å². The van der Waals surface area contributed by atoms with Gasteiger partial charge in [-0.25, -0.2) is 0 Å². The van der Waals surface area contributed by atoms with Gasteiger partial charge in [0, 0.05) is 55.1 Å². The molecule has 2 N–H and O–H groups in total. The molecule has 1 aliphatic heterocycles. The van der Waals surface area contributed by atoms with Crippen molar-refractivity contribution in [3.63, 3.8) is 0 Å². The standard InChI is InChI=1S/C25H29ClN4O2S/c1-18(2)17-24(32)30-15-13-29(14-16-30)22-10-8-21(9-11-22)27-25(33)28-23(31)12-5-19-3-6-20(26)7-4-19/h3-12,18H,13-17H2,1-2H3,(H2,27,28,31,33)/b12-5+. The summed E-state index contributed by atoms with van der Waals surface area (Å²) in [5.41, 5.74) is 2.75. The van der Waals surface area contributed by atoms with Crippen molar-refractivity contribution in [2.45, 2.75) is 20.3 Å². The summed E-state index contributed by atoms with van der Waals surface area (Å²) in [5, 5.41) is 6.54. The van der Waals surface area contributed by atoms with Crippen LogP contribution in [0.4, 0.5) is 11.4 Å². The Balaban J connectivity index is 1.45. The largest absolute Gasteiger partial charge is 0.368 e. The summed E-state index contributed by atoms with van der Waals surface area (Å²) >= 11 is 11.1. The van der Waals surface area contributed by atoms with E-state index in [1.165, 1.54) is 6.08 Å². The van der Waals surface area contributed by atoms with Gasteiger partial charge in [0.25, 0.3) is 0 Å². The molecule has 0 saturated carbocycles. The Morgan fingerprint density at radius 3 is 2.27 bits per heavy atom. The molecule has 0 aromatic heterocycles. The van der Waals surface area contributed by atoms with E-state index in [0.29, 0.717) is 17.4 Å². The SMILES string of the molecule is CC(C)CC(=O)N1CCN(c2ccc(NC(=S)NC(=O)/C=C/c3ccc(Cl)cc3)cc2)CC1. The van der Waals surface area contributed by atoms with E-state index < -0.39 is 0 Å². The Bertz CT molecular complexity index is 998. The number of nitrogens with zero attached hydrogens (tertiary/aromatic N) is 2. The highest BCUT2D eigenvalue weighted by Crippen LogP contribution is 2.20. The molecular weight excluding hydrogens is 456 g/mol. The third-order valence-corrected chi connectivity index (χ3v) is 5.70. The molecule has 2 aromatic rings. The summed E-state index contributed by atoms with van der Waals surface area (Å²) in [4.78, 5) is 28.6. The van der Waals surface area contributed by atoms with E-state index in [1.54, 1.807) is 18.2 Å². The fourth-order valence-corrected chi connectivity index (χ4v) is 3.85. The lowest BCUT2D eigenvalue weighted by Crippen LogP contribution is -2.49. The zero-order valence-corrected chi connectivity index (χ0v) is 20.5. The van der Waals surface area contributed by atoms with Crippen LogP contribution in [0.15, 0.2) is 54.6 Å². The lowest BCUT2D eigenvalue weighted by atomic mass is 10.1. The molecule has 0 spiro atoms. The number of piperazine rings is 1. The summed E-state index contributed by atoms with van der Waals surface area (Å²) in [6, 6.07) is 15.1. The molecule has 0 radical (unpaired) electrons. The number of nitrogens with one attached hydrogen (secondary N) is 2. The van der Waals surface area contributed by atoms with Crippen LogP contribution in [0.25, 0.3) is 6.08 Å². The smallest absolute Gasteiger partial charge is 0.250 e. The number of carbonyl (C=O) groups excluding carboxylic acids is 2. The molecule has 3 rings (SSSR count). The van der Waals surface area contributed by atoms with Crippen LogP contribution in [0.1, 0.15) is 25.8 Å². The molecule has 2 aromatic carbocycles. The number of amides is 2. The molecule has 1 aliphatic rings. The average Bonchev–Trinajstić information content (AvgIpc) is 2.79. The van der Waals surface area contributed by atoms with Gasteiger partial charge in [0.1, 0.15) is 0 Å². The highest BCUT2D eigenvalue weighted by molar-refractivity contribution is 7.80. The van der Waals surface area contributed by atoms with Gasteiger partial charge in [-0.15, -0.1) is 0 Å². The molecular formula is C25H29ClN4O2S. The van der Waals surface area contributed by atoms with E-state index in [-0.39, 0.29) is 16.9 Å². The number of hydrogen-bond donors (Lipinski definition) is 2. The predicted molar refractivity (Wildman–Crippen MR) is 140 cm³/mol. The fraction of sp³-hybridized carbons (Fsp3) is 0.320. The minimum absolute atomic E-state index is 0.228. The van der Waals surface area contributed by atoms with Gasteiger partial charge in [-0.1, -0.05) is 37.6 Å². The van der Waals surface area contributed by atoms with Crippen LogP contribution < -0.4 is 15.5 Å². The van der Waals surface area contributed by atoms with Crippen molar-refractivity contribution >= 4 is 58.2 Å². The average molecular weight is 485 g/mol. The molecule has 0 atom stereocenters. The summed E-state index contributed by atoms with van der Waals surface area (Å²) in [6.45, 7) is 7.24. The van der Waals surface area contributed by atoms with Crippen LogP contribution in [0, 0.1) is 5.92 Å². The summed E-state index contributed by atoms with van der Waals surface area (Å²) in [7, 11) is 0. The topological polar surface area (TPSA) is 64.7 Å². The van der Waals surface area contributed by atoms with E-state index in [1.807, 2.05) is 41.3 Å². The molecule has 1 fully saturated rings. The number of benzene rings is 2. The van der Waals surface area contributed by atoms with E-state index >= 15 is 0 Å². The molecule has 6 nitrogen and oxygen atoms in total. The Hall–Kier alpha value is -2.90. The van der Waals surface area contributed by atoms with Crippen molar-refractivity contribution in [2.75, 3.05) is 36.4 Å². The predicted octanol–water partition coefficient (Wildman–Crippen LogP) is 4.56. The van der Waals surface area contributed by atoms with Gasteiger partial charge in [0.2, 0.25) is 11.8 Å². The highest BCUT2D eigenvalue weighted by atomic mass is 35.5. The zero-order chi connectivity index (χ0) is 23.8. The first-order valence-corrected chi connectivity index (χ1v) is 11.8. The summed E-state index contributed by atoms with van der Waals surface area (Å²) in [6.07, 6.45) is 3.72. The number of halogens is 1. The lowest BCUT2D eigenvalue weighted by molar-refractivity contribution is -0.132. The van der Waals surface area contributed by atoms with Crippen LogP contribution in [0.5, 0.6) is 0 Å². The normalized spacial score (nSPS) is 13.9. The first-order chi connectivity index (χ1) is 15.8.